The molecular formula is C10H16NO2+. The van der Waals surface area contributed by atoms with Crippen molar-refractivity contribution < 1.29 is 14.7 Å². The summed E-state index contributed by atoms with van der Waals surface area (Å²) in [5.41, 5.74) is 0.943. The SMILES string of the molecule is COCCCCc1cccc[n+]1O. The molecule has 0 unspecified atom stereocenters. The van der Waals surface area contributed by atoms with Crippen LogP contribution in [0, 0.1) is 0 Å². The van der Waals surface area contributed by atoms with E-state index in [-0.39, 0.29) is 0 Å². The van der Waals surface area contributed by atoms with Gasteiger partial charge in [0.15, 0.2) is 0 Å². The van der Waals surface area contributed by atoms with Crippen LogP contribution in [0.25, 0.3) is 0 Å². The van der Waals surface area contributed by atoms with Crippen molar-refractivity contribution in [1.82, 2.24) is 0 Å². The summed E-state index contributed by atoms with van der Waals surface area (Å²) in [7, 11) is 1.70. The lowest BCUT2D eigenvalue weighted by Gasteiger charge is -1.97. The second kappa shape index (κ2) is 5.54. The number of pyridine rings is 1. The summed E-state index contributed by atoms with van der Waals surface area (Å²) in [6, 6.07) is 5.66. The van der Waals surface area contributed by atoms with Crippen molar-refractivity contribution in [2.24, 2.45) is 0 Å². The molecule has 1 N–H and O–H groups in total. The van der Waals surface area contributed by atoms with Crippen LogP contribution in [0.3, 0.4) is 0 Å². The maximum Gasteiger partial charge on any atom is 0.234 e. The average Bonchev–Trinajstić information content (AvgIpc) is 2.15. The Kier molecular flexibility index (Phi) is 4.26. The van der Waals surface area contributed by atoms with Crippen molar-refractivity contribution in [1.29, 1.82) is 0 Å². The predicted octanol–water partition coefficient (Wildman–Crippen LogP) is 1.18. The molecule has 0 aliphatic rings. The summed E-state index contributed by atoms with van der Waals surface area (Å²) in [5.74, 6) is 0. The fourth-order valence-electron chi connectivity index (χ4n) is 1.22. The van der Waals surface area contributed by atoms with E-state index in [1.165, 1.54) is 4.73 Å². The molecule has 1 aromatic heterocycles. The smallest absolute Gasteiger partial charge is 0.234 e. The molecule has 1 aromatic rings. The summed E-state index contributed by atoms with van der Waals surface area (Å²) < 4.78 is 6.11. The lowest BCUT2D eigenvalue weighted by atomic mass is 10.2. The molecule has 0 aliphatic carbocycles. The molecule has 0 amide bonds. The van der Waals surface area contributed by atoms with Gasteiger partial charge in [-0.3, -0.25) is 5.21 Å². The van der Waals surface area contributed by atoms with Crippen LogP contribution in [0.1, 0.15) is 18.5 Å². The lowest BCUT2D eigenvalue weighted by Crippen LogP contribution is -2.34. The number of unbranched alkanes of at least 4 members (excludes halogenated alkanes) is 1. The number of ether oxygens (including phenoxy) is 1. The predicted molar refractivity (Wildman–Crippen MR) is 48.6 cm³/mol. The third-order valence-corrected chi connectivity index (χ3v) is 1.95. The molecule has 0 spiro atoms. The van der Waals surface area contributed by atoms with Gasteiger partial charge in [-0.25, -0.2) is 0 Å². The number of aromatic nitrogens is 1. The fourth-order valence-corrected chi connectivity index (χ4v) is 1.22. The number of aryl methyl sites for hydroxylation is 1. The molecule has 1 rings (SSSR count). The highest BCUT2D eigenvalue weighted by Gasteiger charge is 2.06. The highest BCUT2D eigenvalue weighted by molar-refractivity contribution is 4.96. The highest BCUT2D eigenvalue weighted by atomic mass is 16.5. The average molecular weight is 182 g/mol. The minimum absolute atomic E-state index is 0.790. The molecule has 3 nitrogen and oxygen atoms in total. The van der Waals surface area contributed by atoms with Crippen LogP contribution in [0.4, 0.5) is 0 Å². The van der Waals surface area contributed by atoms with Crippen molar-refractivity contribution in [3.8, 4) is 0 Å². The minimum atomic E-state index is 0.790. The molecule has 0 saturated carbocycles. The van der Waals surface area contributed by atoms with Crippen LogP contribution < -0.4 is 4.73 Å². The van der Waals surface area contributed by atoms with E-state index in [1.807, 2.05) is 12.1 Å². The zero-order chi connectivity index (χ0) is 9.52. The van der Waals surface area contributed by atoms with Crippen molar-refractivity contribution >= 4 is 0 Å². The molecule has 13 heavy (non-hydrogen) atoms. The standard InChI is InChI=1S/C10H16NO2/c1-13-9-5-3-7-10-6-2-4-8-11(10)12/h2,4,6,8,12H,3,5,7,9H2,1H3/q+1. The Morgan fingerprint density at radius 3 is 2.92 bits per heavy atom. The van der Waals surface area contributed by atoms with Crippen LogP contribution >= 0.6 is 0 Å². The van der Waals surface area contributed by atoms with Crippen molar-refractivity contribution in [2.75, 3.05) is 13.7 Å². The van der Waals surface area contributed by atoms with Gasteiger partial charge in [-0.15, -0.1) is 0 Å². The zero-order valence-corrected chi connectivity index (χ0v) is 7.94. The Hall–Kier alpha value is -1.09. The molecule has 0 fully saturated rings. The topological polar surface area (TPSA) is 33.3 Å². The molecular weight excluding hydrogens is 166 g/mol. The molecule has 0 saturated heterocycles. The summed E-state index contributed by atoms with van der Waals surface area (Å²) in [5, 5.41) is 9.35. The Morgan fingerprint density at radius 1 is 1.38 bits per heavy atom. The summed E-state index contributed by atoms with van der Waals surface area (Å²) in [6.07, 6.45) is 4.61. The Bertz CT molecular complexity index is 250. The van der Waals surface area contributed by atoms with Crippen LogP contribution in [-0.4, -0.2) is 18.9 Å². The van der Waals surface area contributed by atoms with Gasteiger partial charge in [-0.1, -0.05) is 0 Å². The minimum Gasteiger partial charge on any atom is -0.385 e. The third-order valence-electron chi connectivity index (χ3n) is 1.95. The van der Waals surface area contributed by atoms with Gasteiger partial charge >= 0.3 is 0 Å². The van der Waals surface area contributed by atoms with Gasteiger partial charge in [0.05, 0.1) is 0 Å². The maximum absolute atomic E-state index is 9.35. The number of nitrogens with zero attached hydrogens (tertiary/aromatic N) is 1. The zero-order valence-electron chi connectivity index (χ0n) is 7.94. The van der Waals surface area contributed by atoms with E-state index >= 15 is 0 Å². The molecule has 72 valence electrons. The number of hydrogen-bond acceptors (Lipinski definition) is 2. The number of rotatable bonds is 5. The van der Waals surface area contributed by atoms with Crippen LogP contribution in [0.5, 0.6) is 0 Å². The molecule has 0 atom stereocenters. The molecule has 3 heteroatoms. The third kappa shape index (κ3) is 3.42. The van der Waals surface area contributed by atoms with E-state index in [4.69, 9.17) is 4.74 Å². The van der Waals surface area contributed by atoms with Gasteiger partial charge in [-0.05, 0) is 18.9 Å². The monoisotopic (exact) mass is 182 g/mol. The highest BCUT2D eigenvalue weighted by Crippen LogP contribution is 1.99. The van der Waals surface area contributed by atoms with E-state index in [9.17, 15) is 5.21 Å². The molecule has 0 bridgehead atoms. The Balaban J connectivity index is 2.32. The fraction of sp³-hybridized carbons (Fsp3) is 0.500. The number of methoxy groups -OCH3 is 1. The lowest BCUT2D eigenvalue weighted by molar-refractivity contribution is -0.909. The second-order valence-electron chi connectivity index (χ2n) is 2.99. The van der Waals surface area contributed by atoms with Gasteiger partial charge < -0.3 is 4.74 Å². The molecule has 0 aliphatic heterocycles. The normalized spacial score (nSPS) is 10.2. The first kappa shape index (κ1) is 9.99. The number of hydrogen-bond donors (Lipinski definition) is 1. The quantitative estimate of drug-likeness (QED) is 0.421. The van der Waals surface area contributed by atoms with Gasteiger partial charge in [0, 0.05) is 37.0 Å². The van der Waals surface area contributed by atoms with E-state index in [0.717, 1.165) is 31.6 Å². The molecule has 0 radical (unpaired) electrons. The largest absolute Gasteiger partial charge is 0.385 e. The van der Waals surface area contributed by atoms with Crippen LogP contribution in [0.2, 0.25) is 0 Å². The van der Waals surface area contributed by atoms with Crippen molar-refractivity contribution in [2.45, 2.75) is 19.3 Å². The first-order valence-electron chi connectivity index (χ1n) is 4.52. The first-order valence-corrected chi connectivity index (χ1v) is 4.52. The molecule has 1 heterocycles. The first-order chi connectivity index (χ1) is 6.34. The Morgan fingerprint density at radius 2 is 2.23 bits per heavy atom. The van der Waals surface area contributed by atoms with Crippen LogP contribution in [0.15, 0.2) is 24.4 Å². The van der Waals surface area contributed by atoms with Gasteiger partial charge in [-0.2, -0.15) is 0 Å². The second-order valence-corrected chi connectivity index (χ2v) is 2.99. The summed E-state index contributed by atoms with van der Waals surface area (Å²) in [6.45, 7) is 0.790. The van der Waals surface area contributed by atoms with Crippen molar-refractivity contribution in [3.63, 3.8) is 0 Å². The summed E-state index contributed by atoms with van der Waals surface area (Å²) >= 11 is 0. The summed E-state index contributed by atoms with van der Waals surface area (Å²) in [4.78, 5) is 0. The van der Waals surface area contributed by atoms with Gasteiger partial charge in [0.2, 0.25) is 11.9 Å². The van der Waals surface area contributed by atoms with Crippen molar-refractivity contribution in [3.05, 3.63) is 30.1 Å². The van der Waals surface area contributed by atoms with Crippen LogP contribution in [-0.2, 0) is 11.2 Å². The maximum atomic E-state index is 9.35. The van der Waals surface area contributed by atoms with E-state index in [2.05, 4.69) is 0 Å². The van der Waals surface area contributed by atoms with E-state index in [0.29, 0.717) is 0 Å². The molecule has 0 aromatic carbocycles. The Labute approximate surface area is 78.5 Å². The van der Waals surface area contributed by atoms with Gasteiger partial charge in [0.1, 0.15) is 0 Å². The van der Waals surface area contributed by atoms with Gasteiger partial charge in [0.25, 0.3) is 0 Å². The van der Waals surface area contributed by atoms with E-state index < -0.39 is 0 Å². The van der Waals surface area contributed by atoms with E-state index in [1.54, 1.807) is 19.4 Å².